The molecule has 0 bridgehead atoms. The van der Waals surface area contributed by atoms with Crippen molar-refractivity contribution >= 4 is 5.69 Å². The molecule has 0 amide bonds. The summed E-state index contributed by atoms with van der Waals surface area (Å²) in [5.41, 5.74) is 7.02. The van der Waals surface area contributed by atoms with E-state index in [-0.39, 0.29) is 0 Å². The summed E-state index contributed by atoms with van der Waals surface area (Å²) in [5.74, 6) is 1.46. The van der Waals surface area contributed by atoms with Crippen molar-refractivity contribution in [2.45, 2.75) is 25.3 Å². The molecule has 1 heterocycles. The second kappa shape index (κ2) is 3.77. The van der Waals surface area contributed by atoms with Crippen molar-refractivity contribution < 1.29 is 4.74 Å². The Labute approximate surface area is 113 Å². The van der Waals surface area contributed by atoms with Gasteiger partial charge < -0.3 is 10.1 Å². The Hall–Kier alpha value is -1.96. The van der Waals surface area contributed by atoms with E-state index in [4.69, 9.17) is 4.74 Å². The molecule has 0 saturated heterocycles. The van der Waals surface area contributed by atoms with E-state index in [1.54, 1.807) is 7.11 Å². The Bertz CT molecular complexity index is 662. The molecule has 0 spiro atoms. The van der Waals surface area contributed by atoms with Crippen molar-refractivity contribution in [2.24, 2.45) is 0 Å². The predicted octanol–water partition coefficient (Wildman–Crippen LogP) is 3.49. The van der Waals surface area contributed by atoms with Gasteiger partial charge in [-0.05, 0) is 53.8 Å². The number of methoxy groups -OCH3 is 1. The Morgan fingerprint density at radius 3 is 2.84 bits per heavy atom. The van der Waals surface area contributed by atoms with E-state index in [1.165, 1.54) is 27.9 Å². The number of rotatable bonds is 1. The number of hydrogen-bond acceptors (Lipinski definition) is 2. The number of fused-ring (bicyclic) bond motifs is 5. The highest BCUT2D eigenvalue weighted by molar-refractivity contribution is 5.67. The van der Waals surface area contributed by atoms with Gasteiger partial charge in [0.05, 0.1) is 7.11 Å². The van der Waals surface area contributed by atoms with Gasteiger partial charge in [0.25, 0.3) is 0 Å². The maximum absolute atomic E-state index is 5.44. The first kappa shape index (κ1) is 10.9. The third-order valence-electron chi connectivity index (χ3n) is 4.51. The molecule has 2 aromatic rings. The van der Waals surface area contributed by atoms with Gasteiger partial charge in [-0.2, -0.15) is 0 Å². The van der Waals surface area contributed by atoms with Gasteiger partial charge in [-0.15, -0.1) is 0 Å². The lowest BCUT2D eigenvalue weighted by molar-refractivity contribution is 0.414. The van der Waals surface area contributed by atoms with Crippen molar-refractivity contribution in [1.29, 1.82) is 0 Å². The molecule has 0 radical (unpaired) electrons. The second-order valence-electron chi connectivity index (χ2n) is 5.53. The molecular weight excluding hydrogens is 234 g/mol. The van der Waals surface area contributed by atoms with Gasteiger partial charge in [0.2, 0.25) is 0 Å². The van der Waals surface area contributed by atoms with Crippen molar-refractivity contribution in [3.8, 4) is 5.75 Å². The zero-order chi connectivity index (χ0) is 13.0. The first-order valence-corrected chi connectivity index (χ1v) is 6.81. The van der Waals surface area contributed by atoms with Gasteiger partial charge in [0, 0.05) is 17.6 Å². The van der Waals surface area contributed by atoms with E-state index in [9.17, 15) is 0 Å². The summed E-state index contributed by atoms with van der Waals surface area (Å²) in [6, 6.07) is 13.5. The molecule has 2 nitrogen and oxygen atoms in total. The maximum atomic E-state index is 5.44. The minimum atomic E-state index is 0.486. The molecule has 0 saturated carbocycles. The first-order valence-electron chi connectivity index (χ1n) is 6.81. The van der Waals surface area contributed by atoms with Crippen molar-refractivity contribution in [3.63, 3.8) is 0 Å². The Morgan fingerprint density at radius 1 is 1.16 bits per heavy atom. The fourth-order valence-corrected chi connectivity index (χ4v) is 3.66. The van der Waals surface area contributed by atoms with Gasteiger partial charge in [-0.3, -0.25) is 0 Å². The van der Waals surface area contributed by atoms with E-state index in [0.717, 1.165) is 12.2 Å². The van der Waals surface area contributed by atoms with Crippen LogP contribution in [0.3, 0.4) is 0 Å². The van der Waals surface area contributed by atoms with Gasteiger partial charge in [0.15, 0.2) is 0 Å². The highest BCUT2D eigenvalue weighted by Gasteiger charge is 2.40. The minimum Gasteiger partial charge on any atom is -0.497 e. The number of anilines is 1. The zero-order valence-corrected chi connectivity index (χ0v) is 11.2. The first-order chi connectivity index (χ1) is 9.28. The largest absolute Gasteiger partial charge is 0.497 e. The minimum absolute atomic E-state index is 0.486. The van der Waals surface area contributed by atoms with Crippen LogP contribution >= 0.6 is 0 Å². The molecular formula is C17H17NO. The third kappa shape index (κ3) is 1.43. The van der Waals surface area contributed by atoms with Crippen LogP contribution in [0, 0.1) is 6.92 Å². The summed E-state index contributed by atoms with van der Waals surface area (Å²) < 4.78 is 5.44. The molecule has 1 N–H and O–H groups in total. The van der Waals surface area contributed by atoms with Gasteiger partial charge in [-0.1, -0.05) is 18.2 Å². The van der Waals surface area contributed by atoms with Crippen LogP contribution in [0.5, 0.6) is 5.75 Å². The number of ether oxygens (including phenoxy) is 1. The fraction of sp³-hybridized carbons (Fsp3) is 0.294. The summed E-state index contributed by atoms with van der Waals surface area (Å²) in [6.07, 6.45) is 1.12. The monoisotopic (exact) mass is 251 g/mol. The van der Waals surface area contributed by atoms with Crippen molar-refractivity contribution in [1.82, 2.24) is 0 Å². The highest BCUT2D eigenvalue weighted by Crippen LogP contribution is 2.48. The van der Waals surface area contributed by atoms with Crippen molar-refractivity contribution in [3.05, 3.63) is 58.7 Å². The molecule has 96 valence electrons. The lowest BCUT2D eigenvalue weighted by Crippen LogP contribution is -2.17. The summed E-state index contributed by atoms with van der Waals surface area (Å²) in [5, 5.41) is 3.67. The Kier molecular flexibility index (Phi) is 2.16. The van der Waals surface area contributed by atoms with Crippen LogP contribution in [0.4, 0.5) is 5.69 Å². The van der Waals surface area contributed by atoms with Crippen LogP contribution in [-0.2, 0) is 6.42 Å². The van der Waals surface area contributed by atoms with E-state index < -0.39 is 0 Å². The number of hydrogen-bond donors (Lipinski definition) is 1. The molecule has 19 heavy (non-hydrogen) atoms. The van der Waals surface area contributed by atoms with E-state index in [0.29, 0.717) is 12.0 Å². The smallest absolute Gasteiger partial charge is 0.119 e. The molecule has 2 heteroatoms. The normalized spacial score (nSPS) is 22.4. The molecule has 0 unspecified atom stereocenters. The van der Waals surface area contributed by atoms with E-state index in [1.807, 2.05) is 0 Å². The molecule has 4 rings (SSSR count). The third-order valence-corrected chi connectivity index (χ3v) is 4.51. The average molecular weight is 251 g/mol. The number of benzene rings is 2. The lowest BCUT2D eigenvalue weighted by Gasteiger charge is -2.13. The lowest BCUT2D eigenvalue weighted by atomic mass is 9.92. The molecule has 0 fully saturated rings. The van der Waals surface area contributed by atoms with Crippen molar-refractivity contribution in [2.75, 3.05) is 12.4 Å². The second-order valence-corrected chi connectivity index (χ2v) is 5.53. The molecule has 2 atom stereocenters. The summed E-state index contributed by atoms with van der Waals surface area (Å²) >= 11 is 0. The quantitative estimate of drug-likeness (QED) is 0.837. The molecule has 2 aromatic carbocycles. The van der Waals surface area contributed by atoms with Gasteiger partial charge in [0.1, 0.15) is 5.75 Å². The van der Waals surface area contributed by atoms with Crippen LogP contribution in [-0.4, -0.2) is 13.2 Å². The topological polar surface area (TPSA) is 21.3 Å². The fourth-order valence-electron chi connectivity index (χ4n) is 3.66. The molecule has 0 aromatic heterocycles. The molecule has 1 aliphatic carbocycles. The van der Waals surface area contributed by atoms with Crippen LogP contribution in [0.2, 0.25) is 0 Å². The molecule has 1 aliphatic heterocycles. The van der Waals surface area contributed by atoms with E-state index in [2.05, 4.69) is 48.6 Å². The summed E-state index contributed by atoms with van der Waals surface area (Å²) in [6.45, 7) is 2.19. The number of para-hydroxylation sites is 1. The highest BCUT2D eigenvalue weighted by atomic mass is 16.5. The SMILES string of the molecule is COc1cc(C)c2c(c1)[C@@H]1c3ccccc3N[C@@H]1C2. The van der Waals surface area contributed by atoms with Crippen LogP contribution < -0.4 is 10.1 Å². The summed E-state index contributed by atoms with van der Waals surface area (Å²) in [7, 11) is 1.74. The van der Waals surface area contributed by atoms with Crippen LogP contribution in [0.1, 0.15) is 28.2 Å². The van der Waals surface area contributed by atoms with Gasteiger partial charge in [-0.25, -0.2) is 0 Å². The van der Waals surface area contributed by atoms with E-state index >= 15 is 0 Å². The number of nitrogens with one attached hydrogen (secondary N) is 1. The summed E-state index contributed by atoms with van der Waals surface area (Å²) in [4.78, 5) is 0. The van der Waals surface area contributed by atoms with Gasteiger partial charge >= 0.3 is 0 Å². The Balaban J connectivity index is 1.91. The predicted molar refractivity (Wildman–Crippen MR) is 77.1 cm³/mol. The van der Waals surface area contributed by atoms with Crippen LogP contribution in [0.15, 0.2) is 36.4 Å². The number of aryl methyl sites for hydroxylation is 1. The van der Waals surface area contributed by atoms with Crippen LogP contribution in [0.25, 0.3) is 0 Å². The molecule has 2 aliphatic rings. The zero-order valence-electron chi connectivity index (χ0n) is 11.2. The standard InChI is InChI=1S/C17H17NO/c1-10-7-11(19-2)8-14-13(10)9-16-17(14)12-5-3-4-6-15(12)18-16/h3-8,16-18H,9H2,1-2H3/t16-,17+/m1/s1. The Morgan fingerprint density at radius 2 is 2.00 bits per heavy atom. The average Bonchev–Trinajstić information content (AvgIpc) is 2.95. The maximum Gasteiger partial charge on any atom is 0.119 e.